The van der Waals surface area contributed by atoms with Crippen LogP contribution in [0.4, 0.5) is 0 Å². The maximum Gasteiger partial charge on any atom is 0.214 e. The van der Waals surface area contributed by atoms with Gasteiger partial charge in [0.15, 0.2) is 0 Å². The molecule has 1 atom stereocenters. The van der Waals surface area contributed by atoms with Crippen molar-refractivity contribution in [2.45, 2.75) is 5.92 Å². The van der Waals surface area contributed by atoms with Gasteiger partial charge in [-0.1, -0.05) is 30.3 Å². The Balaban J connectivity index is 2.09. The summed E-state index contributed by atoms with van der Waals surface area (Å²) in [6, 6.07) is 16.8. The number of aromatic amines is 1. The third-order valence-electron chi connectivity index (χ3n) is 3.77. The Morgan fingerprint density at radius 3 is 2.59 bits per heavy atom. The van der Waals surface area contributed by atoms with Crippen LogP contribution < -0.4 is 0 Å². The Hall–Kier alpha value is -3.13. The van der Waals surface area contributed by atoms with Crippen LogP contribution in [-0.2, 0) is 0 Å². The Kier molecular flexibility index (Phi) is 3.58. The van der Waals surface area contributed by atoms with Crippen LogP contribution in [0, 0.1) is 21.4 Å². The standard InChI is InChI=1S/C17H13N3O2/c18-9-12-5-7-13(8-6-12)16(11-20(21)22)15-10-19-17-4-2-1-3-14(15)17/h1-8,10,16,19H,11H2/t16-/m0/s1. The predicted molar refractivity (Wildman–Crippen MR) is 83.2 cm³/mol. The molecule has 0 aliphatic carbocycles. The molecule has 108 valence electrons. The lowest BCUT2D eigenvalue weighted by molar-refractivity contribution is -0.481. The zero-order valence-electron chi connectivity index (χ0n) is 11.7. The summed E-state index contributed by atoms with van der Waals surface area (Å²) in [5, 5.41) is 20.9. The minimum atomic E-state index is -0.348. The van der Waals surface area contributed by atoms with E-state index in [1.165, 1.54) is 0 Å². The van der Waals surface area contributed by atoms with Crippen molar-refractivity contribution < 1.29 is 4.92 Å². The molecule has 0 unspecified atom stereocenters. The number of benzene rings is 2. The van der Waals surface area contributed by atoms with Crippen molar-refractivity contribution >= 4 is 10.9 Å². The van der Waals surface area contributed by atoms with Crippen molar-refractivity contribution in [3.63, 3.8) is 0 Å². The van der Waals surface area contributed by atoms with Gasteiger partial charge in [0, 0.05) is 22.0 Å². The number of nitriles is 1. The fourth-order valence-corrected chi connectivity index (χ4v) is 2.70. The van der Waals surface area contributed by atoms with Crippen molar-refractivity contribution in [1.29, 1.82) is 5.26 Å². The van der Waals surface area contributed by atoms with Crippen molar-refractivity contribution in [1.82, 2.24) is 4.98 Å². The third-order valence-corrected chi connectivity index (χ3v) is 3.77. The van der Waals surface area contributed by atoms with E-state index in [1.807, 2.05) is 30.5 Å². The summed E-state index contributed by atoms with van der Waals surface area (Å²) in [6.45, 7) is -0.187. The topological polar surface area (TPSA) is 82.7 Å². The zero-order valence-corrected chi connectivity index (χ0v) is 11.7. The SMILES string of the molecule is N#Cc1ccc([C@H](C[N+](=O)[O-])c2c[nH]c3ccccc23)cc1. The molecule has 1 heterocycles. The van der Waals surface area contributed by atoms with Gasteiger partial charge in [0.25, 0.3) is 0 Å². The van der Waals surface area contributed by atoms with E-state index in [1.54, 1.807) is 24.3 Å². The number of hydrogen-bond donors (Lipinski definition) is 1. The van der Waals surface area contributed by atoms with Gasteiger partial charge in [-0.05, 0) is 29.3 Å². The largest absolute Gasteiger partial charge is 0.361 e. The van der Waals surface area contributed by atoms with Crippen LogP contribution in [0.3, 0.4) is 0 Å². The number of nitrogens with one attached hydrogen (secondary N) is 1. The first-order chi connectivity index (χ1) is 10.7. The highest BCUT2D eigenvalue weighted by Crippen LogP contribution is 2.31. The molecule has 1 aromatic heterocycles. The molecule has 1 N–H and O–H groups in total. The van der Waals surface area contributed by atoms with Gasteiger partial charge >= 0.3 is 0 Å². The maximum absolute atomic E-state index is 11.1. The number of H-pyrrole nitrogens is 1. The minimum absolute atomic E-state index is 0.187. The van der Waals surface area contributed by atoms with Gasteiger partial charge < -0.3 is 4.98 Å². The molecule has 0 aliphatic heterocycles. The van der Waals surface area contributed by atoms with Crippen LogP contribution in [0.25, 0.3) is 10.9 Å². The molecule has 2 aromatic carbocycles. The molecule has 0 radical (unpaired) electrons. The van der Waals surface area contributed by atoms with Crippen molar-refractivity contribution in [3.8, 4) is 6.07 Å². The summed E-state index contributed by atoms with van der Waals surface area (Å²) in [5.41, 5.74) is 3.24. The molecule has 0 saturated heterocycles. The van der Waals surface area contributed by atoms with E-state index in [2.05, 4.69) is 11.1 Å². The molecule has 5 heteroatoms. The van der Waals surface area contributed by atoms with Gasteiger partial charge in [-0.2, -0.15) is 5.26 Å². The van der Waals surface area contributed by atoms with Gasteiger partial charge in [0.2, 0.25) is 6.54 Å². The molecule has 22 heavy (non-hydrogen) atoms. The number of fused-ring (bicyclic) bond motifs is 1. The first-order valence-corrected chi connectivity index (χ1v) is 6.87. The highest BCUT2D eigenvalue weighted by molar-refractivity contribution is 5.84. The lowest BCUT2D eigenvalue weighted by Gasteiger charge is -2.13. The summed E-state index contributed by atoms with van der Waals surface area (Å²) in [6.07, 6.45) is 1.83. The van der Waals surface area contributed by atoms with Crippen molar-refractivity contribution in [3.05, 3.63) is 81.5 Å². The molecule has 0 fully saturated rings. The summed E-state index contributed by atoms with van der Waals surface area (Å²) >= 11 is 0. The van der Waals surface area contributed by atoms with Crippen molar-refractivity contribution in [2.24, 2.45) is 0 Å². The van der Waals surface area contributed by atoms with Crippen LogP contribution in [0.15, 0.2) is 54.7 Å². The Morgan fingerprint density at radius 1 is 1.18 bits per heavy atom. The van der Waals surface area contributed by atoms with E-state index < -0.39 is 0 Å². The van der Waals surface area contributed by atoms with Crippen LogP contribution >= 0.6 is 0 Å². The van der Waals surface area contributed by atoms with E-state index in [9.17, 15) is 10.1 Å². The Labute approximate surface area is 127 Å². The molecule has 3 aromatic rings. The number of nitro groups is 1. The Bertz CT molecular complexity index is 859. The molecule has 0 aliphatic rings. The number of rotatable bonds is 4. The monoisotopic (exact) mass is 291 g/mol. The normalized spacial score (nSPS) is 12.0. The molecule has 0 spiro atoms. The molecule has 5 nitrogen and oxygen atoms in total. The van der Waals surface area contributed by atoms with Gasteiger partial charge in [-0.15, -0.1) is 0 Å². The summed E-state index contributed by atoms with van der Waals surface area (Å²) in [4.78, 5) is 13.9. The molecular formula is C17H13N3O2. The van der Waals surface area contributed by atoms with E-state index in [-0.39, 0.29) is 17.4 Å². The van der Waals surface area contributed by atoms with Crippen LogP contribution in [0.2, 0.25) is 0 Å². The fraction of sp³-hybridized carbons (Fsp3) is 0.118. The first-order valence-electron chi connectivity index (χ1n) is 6.87. The number of para-hydroxylation sites is 1. The van der Waals surface area contributed by atoms with Gasteiger partial charge in [-0.3, -0.25) is 10.1 Å². The second-order valence-corrected chi connectivity index (χ2v) is 5.09. The van der Waals surface area contributed by atoms with E-state index >= 15 is 0 Å². The lowest BCUT2D eigenvalue weighted by atomic mass is 9.90. The highest BCUT2D eigenvalue weighted by Gasteiger charge is 2.23. The maximum atomic E-state index is 11.1. The van der Waals surface area contributed by atoms with Crippen molar-refractivity contribution in [2.75, 3.05) is 6.54 Å². The predicted octanol–water partition coefficient (Wildman–Crippen LogP) is 3.45. The smallest absolute Gasteiger partial charge is 0.214 e. The van der Waals surface area contributed by atoms with E-state index in [0.717, 1.165) is 22.0 Å². The number of hydrogen-bond acceptors (Lipinski definition) is 3. The second kappa shape index (κ2) is 5.70. The second-order valence-electron chi connectivity index (χ2n) is 5.09. The van der Waals surface area contributed by atoms with Gasteiger partial charge in [0.1, 0.15) is 0 Å². The first kappa shape index (κ1) is 13.8. The van der Waals surface area contributed by atoms with E-state index in [0.29, 0.717) is 5.56 Å². The fourth-order valence-electron chi connectivity index (χ4n) is 2.70. The molecule has 3 rings (SSSR count). The molecular weight excluding hydrogens is 278 g/mol. The lowest BCUT2D eigenvalue weighted by Crippen LogP contribution is -2.13. The quantitative estimate of drug-likeness (QED) is 0.590. The summed E-state index contributed by atoms with van der Waals surface area (Å²) in [7, 11) is 0. The molecule has 0 saturated carbocycles. The number of nitrogens with zero attached hydrogens (tertiary/aromatic N) is 2. The minimum Gasteiger partial charge on any atom is -0.361 e. The van der Waals surface area contributed by atoms with Crippen LogP contribution in [0.5, 0.6) is 0 Å². The van der Waals surface area contributed by atoms with Crippen LogP contribution in [0.1, 0.15) is 22.6 Å². The summed E-state index contributed by atoms with van der Waals surface area (Å²) < 4.78 is 0. The van der Waals surface area contributed by atoms with Gasteiger partial charge in [-0.25, -0.2) is 0 Å². The third kappa shape index (κ3) is 2.54. The van der Waals surface area contributed by atoms with Gasteiger partial charge in [0.05, 0.1) is 17.6 Å². The van der Waals surface area contributed by atoms with Crippen LogP contribution in [-0.4, -0.2) is 16.5 Å². The Morgan fingerprint density at radius 2 is 1.91 bits per heavy atom. The zero-order chi connectivity index (χ0) is 15.5. The van der Waals surface area contributed by atoms with E-state index in [4.69, 9.17) is 5.26 Å². The average molecular weight is 291 g/mol. The molecule has 0 bridgehead atoms. The highest BCUT2D eigenvalue weighted by atomic mass is 16.6. The summed E-state index contributed by atoms with van der Waals surface area (Å²) in [5.74, 6) is -0.348. The average Bonchev–Trinajstić information content (AvgIpc) is 2.96. The number of aromatic nitrogens is 1. The molecule has 0 amide bonds.